The van der Waals surface area contributed by atoms with Crippen LogP contribution in [0.25, 0.3) is 0 Å². The highest BCUT2D eigenvalue weighted by atomic mass is 32.2. The zero-order valence-corrected chi connectivity index (χ0v) is 15.6. The van der Waals surface area contributed by atoms with Crippen molar-refractivity contribution in [2.45, 2.75) is 30.9 Å². The van der Waals surface area contributed by atoms with Gasteiger partial charge in [-0.05, 0) is 31.2 Å². The van der Waals surface area contributed by atoms with Crippen molar-refractivity contribution in [2.75, 3.05) is 25.9 Å². The maximum absolute atomic E-state index is 13.7. The number of hydrogen-bond donors (Lipinski definition) is 1. The molecule has 0 saturated carbocycles. The highest BCUT2D eigenvalue weighted by molar-refractivity contribution is 7.99. The Labute approximate surface area is 157 Å². The van der Waals surface area contributed by atoms with Crippen molar-refractivity contribution in [1.29, 1.82) is 5.26 Å². The molecule has 8 heteroatoms. The van der Waals surface area contributed by atoms with E-state index in [1.54, 1.807) is 30.1 Å². The van der Waals surface area contributed by atoms with Gasteiger partial charge in [0.15, 0.2) is 5.50 Å². The molecule has 1 N–H and O–H groups in total. The van der Waals surface area contributed by atoms with Crippen LogP contribution in [-0.4, -0.2) is 58.2 Å². The van der Waals surface area contributed by atoms with Crippen LogP contribution < -0.4 is 5.32 Å². The Bertz CT molecular complexity index is 786. The predicted octanol–water partition coefficient (Wildman–Crippen LogP) is 1.78. The lowest BCUT2D eigenvalue weighted by Crippen LogP contribution is -2.48. The second-order valence-corrected chi connectivity index (χ2v) is 8.00. The minimum atomic E-state index is -0.337. The summed E-state index contributed by atoms with van der Waals surface area (Å²) in [5.74, 6) is 1.09. The average molecular weight is 370 g/mol. The molecule has 3 aliphatic heterocycles. The van der Waals surface area contributed by atoms with E-state index in [1.807, 2.05) is 12.5 Å². The summed E-state index contributed by atoms with van der Waals surface area (Å²) in [6.45, 7) is 2.24. The van der Waals surface area contributed by atoms with Gasteiger partial charge >= 0.3 is 0 Å². The highest BCUT2D eigenvalue weighted by Gasteiger charge is 2.39. The van der Waals surface area contributed by atoms with E-state index in [0.29, 0.717) is 25.2 Å². The topological polar surface area (TPSA) is 87.4 Å². The Morgan fingerprint density at radius 3 is 3.12 bits per heavy atom. The zero-order chi connectivity index (χ0) is 18.1. The number of aliphatic imine (C=N–C) groups is 1. The van der Waals surface area contributed by atoms with Crippen LogP contribution in [0.15, 0.2) is 34.7 Å². The molecule has 136 valence electrons. The van der Waals surface area contributed by atoms with Gasteiger partial charge in [0.05, 0.1) is 29.4 Å². The van der Waals surface area contributed by atoms with E-state index in [0.717, 1.165) is 36.5 Å². The van der Waals surface area contributed by atoms with Crippen molar-refractivity contribution in [3.05, 3.63) is 46.2 Å². The first-order valence-electron chi connectivity index (χ1n) is 8.85. The molecule has 7 nitrogen and oxygen atoms in total. The molecule has 3 atom stereocenters. The average Bonchev–Trinajstić information content (AvgIpc) is 3.05. The maximum Gasteiger partial charge on any atom is 0.167 e. The second kappa shape index (κ2) is 6.91. The van der Waals surface area contributed by atoms with Crippen LogP contribution in [0.5, 0.6) is 0 Å². The van der Waals surface area contributed by atoms with Gasteiger partial charge in [-0.1, -0.05) is 0 Å². The number of nitriles is 1. The monoisotopic (exact) mass is 370 g/mol. The lowest BCUT2D eigenvalue weighted by molar-refractivity contribution is -0.890. The first-order chi connectivity index (χ1) is 12.6. The van der Waals surface area contributed by atoms with E-state index >= 15 is 0 Å². The molecule has 26 heavy (non-hydrogen) atoms. The van der Waals surface area contributed by atoms with E-state index in [-0.39, 0.29) is 16.2 Å². The minimum absolute atomic E-state index is 0.0156. The summed E-state index contributed by atoms with van der Waals surface area (Å²) in [7, 11) is 0. The molecule has 0 bridgehead atoms. The number of pyridine rings is 1. The summed E-state index contributed by atoms with van der Waals surface area (Å²) >= 11 is 1.66. The van der Waals surface area contributed by atoms with Crippen molar-refractivity contribution in [3.8, 4) is 6.07 Å². The number of hydroxylamine groups is 3. The second-order valence-electron chi connectivity index (χ2n) is 7.08. The van der Waals surface area contributed by atoms with Crippen molar-refractivity contribution in [1.82, 2.24) is 15.2 Å². The van der Waals surface area contributed by atoms with Gasteiger partial charge < -0.3 is 20.1 Å². The summed E-state index contributed by atoms with van der Waals surface area (Å²) in [5.41, 5.74) is 2.25. The maximum atomic E-state index is 13.7. The van der Waals surface area contributed by atoms with E-state index in [2.05, 4.69) is 26.3 Å². The third kappa shape index (κ3) is 3.30. The molecule has 1 aromatic heterocycles. The van der Waals surface area contributed by atoms with Gasteiger partial charge in [0.25, 0.3) is 0 Å². The molecule has 0 amide bonds. The molecule has 0 aliphatic carbocycles. The number of hydrogen-bond acceptors (Lipinski definition) is 7. The first-order valence-corrected chi connectivity index (χ1v) is 10.1. The number of thioether (sulfide) groups is 1. The van der Waals surface area contributed by atoms with E-state index < -0.39 is 0 Å². The Balaban J connectivity index is 1.62. The van der Waals surface area contributed by atoms with Gasteiger partial charge in [-0.15, -0.1) is 11.8 Å². The minimum Gasteiger partial charge on any atom is -0.632 e. The third-order valence-electron chi connectivity index (χ3n) is 5.22. The van der Waals surface area contributed by atoms with Crippen LogP contribution in [0, 0.1) is 16.5 Å². The Morgan fingerprint density at radius 1 is 1.50 bits per heavy atom. The van der Waals surface area contributed by atoms with Gasteiger partial charge in [-0.3, -0.25) is 9.98 Å². The molecule has 0 radical (unpaired) electrons. The van der Waals surface area contributed by atoms with Crippen molar-refractivity contribution < 1.29 is 4.65 Å². The van der Waals surface area contributed by atoms with Crippen LogP contribution in [-0.2, 0) is 6.54 Å². The number of aromatic nitrogens is 1. The zero-order valence-electron chi connectivity index (χ0n) is 14.8. The standard InChI is InChI=1S/C18H22N6OS/c1-26-18-21-9-14-10-24(25,11-15-5-4-13(7-19)8-20-15)12-16-3-2-6-23(16)17(14)22-18/h4-5,8-9,16,18,22H,2-3,6,10-12H2,1H3/t16?,18-,24?/m0/s1. The van der Waals surface area contributed by atoms with Gasteiger partial charge in [-0.2, -0.15) is 5.26 Å². The normalized spacial score (nSPS) is 30.3. The molecule has 4 heterocycles. The smallest absolute Gasteiger partial charge is 0.167 e. The summed E-state index contributed by atoms with van der Waals surface area (Å²) in [6, 6.07) is 5.84. The van der Waals surface area contributed by atoms with Crippen molar-refractivity contribution >= 4 is 18.0 Å². The van der Waals surface area contributed by atoms with Gasteiger partial charge in [0.2, 0.25) is 0 Å². The molecule has 0 aromatic carbocycles. The first kappa shape index (κ1) is 17.3. The van der Waals surface area contributed by atoms with Crippen LogP contribution in [0.1, 0.15) is 24.1 Å². The molecule has 1 saturated heterocycles. The van der Waals surface area contributed by atoms with Crippen LogP contribution >= 0.6 is 11.8 Å². The SMILES string of the molecule is CS[C@H]1N=CC2=C(N1)N1CCCC1C[N+]([O-])(Cc1ccc(C#N)cn1)C2. The number of nitrogens with zero attached hydrogens (tertiary/aromatic N) is 5. The Morgan fingerprint density at radius 2 is 2.38 bits per heavy atom. The highest BCUT2D eigenvalue weighted by Crippen LogP contribution is 2.32. The Kier molecular flexibility index (Phi) is 4.61. The molecule has 1 aromatic rings. The fraction of sp³-hybridized carbons (Fsp3) is 0.500. The number of nitrogens with one attached hydrogen (secondary N) is 1. The van der Waals surface area contributed by atoms with Gasteiger partial charge in [-0.25, -0.2) is 0 Å². The van der Waals surface area contributed by atoms with Crippen molar-refractivity contribution in [2.24, 2.45) is 4.99 Å². The third-order valence-corrected chi connectivity index (χ3v) is 5.91. The van der Waals surface area contributed by atoms with Crippen molar-refractivity contribution in [3.63, 3.8) is 0 Å². The van der Waals surface area contributed by atoms with Gasteiger partial charge in [0, 0.05) is 19.0 Å². The van der Waals surface area contributed by atoms with E-state index in [1.165, 1.54) is 0 Å². The van der Waals surface area contributed by atoms with Crippen LogP contribution in [0.4, 0.5) is 0 Å². The lowest BCUT2D eigenvalue weighted by Gasteiger charge is -2.43. The molecule has 3 aliphatic rings. The summed E-state index contributed by atoms with van der Waals surface area (Å²) < 4.78 is -0.337. The predicted molar refractivity (Wildman–Crippen MR) is 102 cm³/mol. The summed E-state index contributed by atoms with van der Waals surface area (Å²) in [5, 5.41) is 26.1. The van der Waals surface area contributed by atoms with Crippen LogP contribution in [0.2, 0.25) is 0 Å². The number of fused-ring (bicyclic) bond motifs is 2. The molecule has 4 rings (SSSR count). The molecule has 0 spiro atoms. The molecular formula is C18H22N6OS. The van der Waals surface area contributed by atoms with Crippen LogP contribution in [0.3, 0.4) is 0 Å². The fourth-order valence-electron chi connectivity index (χ4n) is 4.05. The fourth-order valence-corrected chi connectivity index (χ4v) is 4.46. The molecule has 2 unspecified atom stereocenters. The van der Waals surface area contributed by atoms with E-state index in [4.69, 9.17) is 5.26 Å². The lowest BCUT2D eigenvalue weighted by atomic mass is 10.2. The molecular weight excluding hydrogens is 348 g/mol. The Hall–Kier alpha value is -2.08. The number of rotatable bonds is 3. The quantitative estimate of drug-likeness (QED) is 0.645. The largest absolute Gasteiger partial charge is 0.632 e. The summed E-state index contributed by atoms with van der Waals surface area (Å²) in [6.07, 6.45) is 7.61. The number of quaternary nitrogens is 1. The molecule has 1 fully saturated rings. The van der Waals surface area contributed by atoms with E-state index in [9.17, 15) is 5.21 Å². The summed E-state index contributed by atoms with van der Waals surface area (Å²) in [4.78, 5) is 11.2. The van der Waals surface area contributed by atoms with Gasteiger partial charge in [0.1, 0.15) is 25.0 Å².